The van der Waals surface area contributed by atoms with Gasteiger partial charge in [-0.25, -0.2) is 0 Å². The molecule has 0 bridgehead atoms. The minimum absolute atomic E-state index is 0.0372. The van der Waals surface area contributed by atoms with E-state index in [-0.39, 0.29) is 57.5 Å². The Balaban J connectivity index is 1.12. The highest BCUT2D eigenvalue weighted by molar-refractivity contribution is 5.81. The molecule has 53 heavy (non-hydrogen) atoms. The Hall–Kier alpha value is -2.63. The van der Waals surface area contributed by atoms with Gasteiger partial charge in [0, 0.05) is 11.8 Å². The van der Waals surface area contributed by atoms with Gasteiger partial charge in [-0.15, -0.1) is 0 Å². The predicted molar refractivity (Wildman–Crippen MR) is 210 cm³/mol. The van der Waals surface area contributed by atoms with Crippen LogP contribution in [0.1, 0.15) is 162 Å². The number of aliphatic carboxylic acids is 1. The Labute approximate surface area is 320 Å². The second-order valence-corrected chi connectivity index (χ2v) is 21.1. The Morgan fingerprint density at radius 2 is 1.62 bits per heavy atom. The first-order valence-electron chi connectivity index (χ1n) is 21.2. The fraction of sp³-hybridized carbons (Fsp3) is 0.766. The highest BCUT2D eigenvalue weighted by Gasteiger charge is 2.71. The Morgan fingerprint density at radius 1 is 0.887 bits per heavy atom. The quantitative estimate of drug-likeness (QED) is 0.205. The van der Waals surface area contributed by atoms with E-state index in [1.54, 1.807) is 13.8 Å². The number of hydrogen-bond donors (Lipinski definition) is 2. The number of aryl methyl sites for hydroxylation is 1. The zero-order valence-corrected chi connectivity index (χ0v) is 34.2. The number of carbonyl (C=O) groups excluding carboxylic acids is 2. The summed E-state index contributed by atoms with van der Waals surface area (Å²) in [6.07, 6.45) is 14.8. The number of hydrogen-bond acceptors (Lipinski definition) is 4. The second-order valence-electron chi connectivity index (χ2n) is 21.1. The van der Waals surface area contributed by atoms with Crippen LogP contribution in [0, 0.1) is 62.1 Å². The molecule has 1 amide bonds. The molecule has 7 rings (SSSR count). The van der Waals surface area contributed by atoms with Crippen molar-refractivity contribution in [2.24, 2.45) is 62.1 Å². The highest BCUT2D eigenvalue weighted by Crippen LogP contribution is 2.78. The molecule has 0 heterocycles. The molecule has 6 heteroatoms. The molecule has 0 radical (unpaired) electrons. The van der Waals surface area contributed by atoms with E-state index in [1.165, 1.54) is 42.4 Å². The van der Waals surface area contributed by atoms with E-state index >= 15 is 0 Å². The van der Waals surface area contributed by atoms with Crippen molar-refractivity contribution in [1.82, 2.24) is 5.32 Å². The van der Waals surface area contributed by atoms with Crippen molar-refractivity contribution >= 4 is 17.8 Å². The maximum absolute atomic E-state index is 14.2. The maximum Gasteiger partial charge on any atom is 0.309 e. The largest absolute Gasteiger partial charge is 0.481 e. The summed E-state index contributed by atoms with van der Waals surface area (Å²) in [5.74, 6) is 1.45. The number of fused-ring (bicyclic) bond motifs is 8. The van der Waals surface area contributed by atoms with Crippen molar-refractivity contribution < 1.29 is 24.2 Å². The van der Waals surface area contributed by atoms with E-state index in [0.29, 0.717) is 36.0 Å². The van der Waals surface area contributed by atoms with Crippen molar-refractivity contribution in [2.75, 3.05) is 0 Å². The van der Waals surface area contributed by atoms with E-state index < -0.39 is 11.4 Å². The summed E-state index contributed by atoms with van der Waals surface area (Å²) in [5, 5.41) is 13.2. The van der Waals surface area contributed by atoms with E-state index in [0.717, 1.165) is 57.8 Å². The average Bonchev–Trinajstić information content (AvgIpc) is 3.46. The van der Waals surface area contributed by atoms with Gasteiger partial charge in [-0.2, -0.15) is 0 Å². The first kappa shape index (κ1) is 38.6. The van der Waals surface area contributed by atoms with Crippen LogP contribution in [0.4, 0.5) is 0 Å². The Kier molecular flexibility index (Phi) is 9.66. The van der Waals surface area contributed by atoms with Gasteiger partial charge < -0.3 is 15.2 Å². The van der Waals surface area contributed by atoms with Crippen LogP contribution in [0.5, 0.6) is 0 Å². The highest BCUT2D eigenvalue weighted by atomic mass is 16.5. The molecule has 0 spiro atoms. The van der Waals surface area contributed by atoms with Gasteiger partial charge in [-0.1, -0.05) is 71.0 Å². The average molecular weight is 728 g/mol. The summed E-state index contributed by atoms with van der Waals surface area (Å²) in [4.78, 5) is 39.1. The van der Waals surface area contributed by atoms with Gasteiger partial charge in [-0.05, 0) is 167 Å². The molecular formula is C47H69NO5. The summed E-state index contributed by atoms with van der Waals surface area (Å²) in [7, 11) is 0. The molecule has 5 saturated carbocycles. The molecule has 1 aromatic rings. The Bertz CT molecular complexity index is 1640. The number of carboxylic acids is 1. The van der Waals surface area contributed by atoms with Crippen molar-refractivity contribution in [3.05, 3.63) is 47.5 Å². The smallest absolute Gasteiger partial charge is 0.309 e. The van der Waals surface area contributed by atoms with Gasteiger partial charge in [-0.3, -0.25) is 14.4 Å². The maximum atomic E-state index is 14.2. The Morgan fingerprint density at radius 3 is 2.34 bits per heavy atom. The minimum atomic E-state index is -1.14. The number of carbonyl (C=O) groups is 3. The number of allylic oxidation sites excluding steroid dienone is 1. The monoisotopic (exact) mass is 728 g/mol. The van der Waals surface area contributed by atoms with Crippen molar-refractivity contribution in [3.8, 4) is 0 Å². The van der Waals surface area contributed by atoms with E-state index in [1.807, 2.05) is 0 Å². The van der Waals surface area contributed by atoms with Crippen LogP contribution in [0.2, 0.25) is 0 Å². The number of rotatable bonds is 8. The fourth-order valence-corrected chi connectivity index (χ4v) is 14.9. The van der Waals surface area contributed by atoms with E-state index in [2.05, 4.69) is 77.7 Å². The van der Waals surface area contributed by atoms with Crippen molar-refractivity contribution in [3.63, 3.8) is 0 Å². The van der Waals surface area contributed by atoms with E-state index in [4.69, 9.17) is 4.74 Å². The normalized spacial score (nSPS) is 41.4. The van der Waals surface area contributed by atoms with Crippen LogP contribution in [-0.4, -0.2) is 29.1 Å². The van der Waals surface area contributed by atoms with Crippen LogP contribution < -0.4 is 5.32 Å². The molecule has 0 aliphatic heterocycles. The van der Waals surface area contributed by atoms with Gasteiger partial charge in [0.2, 0.25) is 5.91 Å². The molecule has 292 valence electrons. The summed E-state index contributed by atoms with van der Waals surface area (Å²) in [6, 6.07) is 8.82. The van der Waals surface area contributed by atoms with Crippen LogP contribution >= 0.6 is 0 Å². The number of ether oxygens (including phenoxy) is 1. The zero-order chi connectivity index (χ0) is 38.4. The molecule has 0 saturated heterocycles. The predicted octanol–water partition coefficient (Wildman–Crippen LogP) is 10.6. The third-order valence-corrected chi connectivity index (χ3v) is 17.8. The van der Waals surface area contributed by atoms with Crippen LogP contribution in [0.25, 0.3) is 0 Å². The molecule has 2 N–H and O–H groups in total. The lowest BCUT2D eigenvalue weighted by atomic mass is 9.32. The third-order valence-electron chi connectivity index (χ3n) is 17.8. The standard InChI is InChI=1S/C47H69NO5/c1-29(2)31-19-24-47(27-38(49)48-34-16-12-14-30-13-10-11-15-32(30)34)26-25-45(8)33(40(31)47)17-18-36-44(7)22-21-37(53-39(50)28-42(3,4)41(51)52)43(5,6)35(44)20-23-46(36,45)9/h10-11,13,15,31,33-37,40H,1,12,14,16-28H2,2-9H3,(H,48,49)(H,51,52)/t31-,33+,34?,35?,36?,37-,40+,44-,45+,46+,47+/m0/s1. The molecule has 6 nitrogen and oxygen atoms in total. The lowest BCUT2D eigenvalue weighted by Crippen LogP contribution is -2.67. The molecule has 11 atom stereocenters. The second kappa shape index (κ2) is 13.2. The van der Waals surface area contributed by atoms with Crippen LogP contribution in [0.15, 0.2) is 36.4 Å². The molecule has 6 aliphatic carbocycles. The molecule has 1 aromatic carbocycles. The number of esters is 1. The molecule has 3 unspecified atom stereocenters. The van der Waals surface area contributed by atoms with Gasteiger partial charge in [0.15, 0.2) is 0 Å². The first-order valence-corrected chi connectivity index (χ1v) is 21.2. The summed E-state index contributed by atoms with van der Waals surface area (Å²) in [6.45, 7) is 22.6. The van der Waals surface area contributed by atoms with E-state index in [9.17, 15) is 19.5 Å². The van der Waals surface area contributed by atoms with Gasteiger partial charge >= 0.3 is 11.9 Å². The summed E-state index contributed by atoms with van der Waals surface area (Å²) < 4.78 is 6.20. The third kappa shape index (κ3) is 6.05. The zero-order valence-electron chi connectivity index (χ0n) is 34.2. The number of carboxylic acid groups (broad SMARTS) is 1. The number of benzene rings is 1. The minimum Gasteiger partial charge on any atom is -0.481 e. The number of amides is 1. The number of nitrogens with one attached hydrogen (secondary N) is 1. The lowest BCUT2D eigenvalue weighted by Gasteiger charge is -2.73. The SMILES string of the molecule is C=C(C)[C@@H]1CC[C@]2(CC(=O)NC3CCCc4ccccc43)CC[C@]3(C)[C@H](CCC4[C@@]5(C)CC[C@H](OC(=O)CC(C)(C)C(=O)O)C(C)(C)C5CC[C@]43C)[C@@H]12. The van der Waals surface area contributed by atoms with Gasteiger partial charge in [0.25, 0.3) is 0 Å². The fourth-order valence-electron chi connectivity index (χ4n) is 14.9. The molecule has 5 fully saturated rings. The molecule has 6 aliphatic rings. The lowest BCUT2D eigenvalue weighted by molar-refractivity contribution is -0.250. The summed E-state index contributed by atoms with van der Waals surface area (Å²) >= 11 is 0. The van der Waals surface area contributed by atoms with Crippen molar-refractivity contribution in [1.29, 1.82) is 0 Å². The van der Waals surface area contributed by atoms with Gasteiger partial charge in [0.05, 0.1) is 17.9 Å². The molecule has 0 aromatic heterocycles. The topological polar surface area (TPSA) is 92.7 Å². The van der Waals surface area contributed by atoms with Gasteiger partial charge in [0.1, 0.15) is 6.10 Å². The van der Waals surface area contributed by atoms with Crippen molar-refractivity contribution in [2.45, 2.75) is 164 Å². The first-order chi connectivity index (χ1) is 24.8. The molecular weight excluding hydrogens is 659 g/mol. The van der Waals surface area contributed by atoms with Crippen LogP contribution in [-0.2, 0) is 25.5 Å². The van der Waals surface area contributed by atoms with Crippen LogP contribution in [0.3, 0.4) is 0 Å². The summed E-state index contributed by atoms with van der Waals surface area (Å²) in [5.41, 5.74) is 3.24.